The molecule has 0 amide bonds. The van der Waals surface area contributed by atoms with Crippen LogP contribution in [-0.4, -0.2) is 96.6 Å². The molecular weight excluding hydrogens is 783 g/mol. The smallest absolute Gasteiger partial charge is 0.264 e. The van der Waals surface area contributed by atoms with Crippen LogP contribution in [0.5, 0.6) is 0 Å². The number of halogens is 21. The lowest BCUT2D eigenvalue weighted by Gasteiger charge is -2.32. The predicted molar refractivity (Wildman–Crippen MR) is 91.4 cm³/mol. The Morgan fingerprint density at radius 1 is 0.356 bits per heavy atom. The van der Waals surface area contributed by atoms with E-state index < -0.39 is 102 Å². The molecule has 0 aliphatic rings. The molecule has 0 N–H and O–H groups in total. The molecule has 0 bridgehead atoms. The monoisotopic (exact) mass is 788 g/mol. The Kier molecular flexibility index (Phi) is 11.3. The van der Waals surface area contributed by atoms with E-state index in [1.54, 1.807) is 0 Å². The van der Waals surface area contributed by atoms with Crippen LogP contribution >= 0.6 is 0 Å². The van der Waals surface area contributed by atoms with E-state index in [0.717, 1.165) is 0 Å². The van der Waals surface area contributed by atoms with E-state index in [1.807, 2.05) is 0 Å². The van der Waals surface area contributed by atoms with Crippen molar-refractivity contribution in [2.45, 2.75) is 58.2 Å². The van der Waals surface area contributed by atoms with Crippen molar-refractivity contribution in [3.05, 3.63) is 0 Å². The van der Waals surface area contributed by atoms with Crippen molar-refractivity contribution >= 4 is 30.4 Å². The normalized spacial score (nSPS) is 16.4. The fourth-order valence-corrected chi connectivity index (χ4v) is 5.46. The van der Waals surface area contributed by atoms with E-state index in [9.17, 15) is 117 Å². The van der Waals surface area contributed by atoms with E-state index in [-0.39, 0.29) is 0 Å². The van der Waals surface area contributed by atoms with E-state index >= 15 is 0 Å². The molecule has 0 aromatic carbocycles. The Hall–Kier alpha value is -1.74. The standard InChI is InChI=1S/C12H5F21O9S3/c13-4(7(16,17)18,8(19,20)21)43(34,35)40-1-3(42-45(38,39)6(15,11(28,29)30)12(31,32)33)2-41-44(36,37)5(14,9(22,23)24)10(25,26)27/h3H,1-2H2. The summed E-state index contributed by atoms with van der Waals surface area (Å²) in [4.78, 5) is 0. The zero-order chi connectivity index (χ0) is 37.1. The fourth-order valence-electron chi connectivity index (χ4n) is 2.18. The highest BCUT2D eigenvalue weighted by Gasteiger charge is 2.84. The Bertz CT molecular complexity index is 1270. The molecular formula is C12H5F21O9S3. The number of rotatable bonds is 11. The second-order valence-corrected chi connectivity index (χ2v) is 12.5. The molecule has 0 rings (SSSR count). The topological polar surface area (TPSA) is 130 Å². The molecule has 272 valence electrons. The molecule has 0 aromatic rings. The van der Waals surface area contributed by atoms with Crippen LogP contribution in [0.25, 0.3) is 0 Å². The molecule has 0 atom stereocenters. The first-order chi connectivity index (χ1) is 19.0. The van der Waals surface area contributed by atoms with Gasteiger partial charge in [-0.05, 0) is 0 Å². The van der Waals surface area contributed by atoms with Gasteiger partial charge in [-0.3, -0.25) is 12.5 Å². The highest BCUT2D eigenvalue weighted by atomic mass is 32.2. The molecule has 0 radical (unpaired) electrons. The Morgan fingerprint density at radius 2 is 0.533 bits per heavy atom. The Labute approximate surface area is 232 Å². The van der Waals surface area contributed by atoms with Gasteiger partial charge < -0.3 is 0 Å². The van der Waals surface area contributed by atoms with Crippen LogP contribution in [0.1, 0.15) is 0 Å². The van der Waals surface area contributed by atoms with Gasteiger partial charge in [0.25, 0.3) is 0 Å². The van der Waals surface area contributed by atoms with Crippen molar-refractivity contribution in [2.24, 2.45) is 0 Å². The average molecular weight is 788 g/mol. The highest BCUT2D eigenvalue weighted by Crippen LogP contribution is 2.53. The van der Waals surface area contributed by atoms with E-state index in [1.165, 1.54) is 0 Å². The van der Waals surface area contributed by atoms with Crippen molar-refractivity contribution in [2.75, 3.05) is 13.2 Å². The van der Waals surface area contributed by atoms with E-state index in [2.05, 4.69) is 12.5 Å². The highest BCUT2D eigenvalue weighted by molar-refractivity contribution is 7.88. The SMILES string of the molecule is O=S(=O)(OCC(COS(=O)(=O)C(F)(C(F)(F)F)C(F)(F)F)OS(=O)(=O)C(F)(C(F)(F)F)C(F)(F)F)C(F)(C(F)(F)F)C(F)(F)F. The van der Waals surface area contributed by atoms with Gasteiger partial charge in [0.1, 0.15) is 6.10 Å². The van der Waals surface area contributed by atoms with Gasteiger partial charge in [0.15, 0.2) is 0 Å². The van der Waals surface area contributed by atoms with Crippen molar-refractivity contribution < 1.29 is 130 Å². The summed E-state index contributed by atoms with van der Waals surface area (Å²) in [6.07, 6.45) is -51.3. The summed E-state index contributed by atoms with van der Waals surface area (Å²) in [7, 11) is -25.1. The second kappa shape index (κ2) is 11.7. The quantitative estimate of drug-likeness (QED) is 0.215. The third kappa shape index (κ3) is 7.39. The number of hydrogen-bond acceptors (Lipinski definition) is 9. The zero-order valence-electron chi connectivity index (χ0n) is 19.3. The van der Waals surface area contributed by atoms with Gasteiger partial charge >= 0.3 is 82.4 Å². The molecule has 33 heteroatoms. The minimum absolute atomic E-state index is 2.59. The van der Waals surface area contributed by atoms with Crippen LogP contribution in [0.4, 0.5) is 92.2 Å². The third-order valence-corrected chi connectivity index (χ3v) is 9.18. The van der Waals surface area contributed by atoms with Gasteiger partial charge in [0.05, 0.1) is 13.2 Å². The maximum absolute atomic E-state index is 13.9. The van der Waals surface area contributed by atoms with Crippen LogP contribution in [-0.2, 0) is 42.9 Å². The van der Waals surface area contributed by atoms with Crippen LogP contribution in [0, 0.1) is 0 Å². The minimum Gasteiger partial charge on any atom is -0.264 e. The van der Waals surface area contributed by atoms with Gasteiger partial charge in [-0.25, -0.2) is 13.2 Å². The largest absolute Gasteiger partial charge is 0.449 e. The van der Waals surface area contributed by atoms with Gasteiger partial charge in [0.2, 0.25) is 0 Å². The molecule has 0 aliphatic heterocycles. The molecule has 0 spiro atoms. The van der Waals surface area contributed by atoms with Crippen LogP contribution < -0.4 is 0 Å². The molecule has 0 aliphatic carbocycles. The molecule has 9 nitrogen and oxygen atoms in total. The lowest BCUT2D eigenvalue weighted by molar-refractivity contribution is -0.310. The third-order valence-electron chi connectivity index (χ3n) is 4.30. The van der Waals surface area contributed by atoms with Crippen molar-refractivity contribution in [3.8, 4) is 0 Å². The van der Waals surface area contributed by atoms with E-state index in [0.29, 0.717) is 0 Å². The molecule has 0 aromatic heterocycles. The molecule has 0 fully saturated rings. The lowest BCUT2D eigenvalue weighted by atomic mass is 10.3. The second-order valence-electron chi connectivity index (χ2n) is 7.42. The molecule has 0 heterocycles. The zero-order valence-corrected chi connectivity index (χ0v) is 21.8. The molecule has 45 heavy (non-hydrogen) atoms. The number of alkyl halides is 21. The first-order valence-corrected chi connectivity index (χ1v) is 13.4. The fraction of sp³-hybridized carbons (Fsp3) is 1.00. The van der Waals surface area contributed by atoms with Crippen molar-refractivity contribution in [3.63, 3.8) is 0 Å². The Morgan fingerprint density at radius 3 is 0.711 bits per heavy atom. The van der Waals surface area contributed by atoms with Crippen LogP contribution in [0.3, 0.4) is 0 Å². The number of hydrogen-bond donors (Lipinski definition) is 0. The van der Waals surface area contributed by atoms with Crippen molar-refractivity contribution in [1.29, 1.82) is 0 Å². The molecule has 0 saturated heterocycles. The summed E-state index contributed by atoms with van der Waals surface area (Å²) in [5.74, 6) is 0. The first kappa shape index (κ1) is 43.3. The minimum atomic E-state index is -8.50. The van der Waals surface area contributed by atoms with Gasteiger partial charge in [-0.1, -0.05) is 0 Å². The molecule has 0 saturated carbocycles. The predicted octanol–water partition coefficient (Wildman–Crippen LogP) is 4.77. The maximum Gasteiger partial charge on any atom is 0.449 e. The maximum atomic E-state index is 13.9. The summed E-state index contributed by atoms with van der Waals surface area (Å²) < 4.78 is 346. The van der Waals surface area contributed by atoms with Crippen molar-refractivity contribution in [1.82, 2.24) is 0 Å². The lowest BCUT2D eigenvalue weighted by Crippen LogP contribution is -2.61. The summed E-state index contributed by atoms with van der Waals surface area (Å²) in [5, 5.41) is -23.3. The molecule has 0 unspecified atom stereocenters. The van der Waals surface area contributed by atoms with Gasteiger partial charge in [-0.15, -0.1) is 0 Å². The summed E-state index contributed by atoms with van der Waals surface area (Å²) in [6.45, 7) is -7.20. The van der Waals surface area contributed by atoms with Crippen LogP contribution in [0.2, 0.25) is 0 Å². The van der Waals surface area contributed by atoms with Gasteiger partial charge in [-0.2, -0.15) is 104 Å². The van der Waals surface area contributed by atoms with E-state index in [4.69, 9.17) is 0 Å². The first-order valence-electron chi connectivity index (χ1n) is 9.21. The van der Waals surface area contributed by atoms with Crippen LogP contribution in [0.15, 0.2) is 0 Å². The average Bonchev–Trinajstić information content (AvgIpc) is 2.74. The summed E-state index contributed by atoms with van der Waals surface area (Å²) in [6, 6.07) is 0. The summed E-state index contributed by atoms with van der Waals surface area (Å²) in [5.41, 5.74) is 0. The Balaban J connectivity index is 7.20. The summed E-state index contributed by atoms with van der Waals surface area (Å²) >= 11 is 0. The van der Waals surface area contributed by atoms with Gasteiger partial charge in [0, 0.05) is 0 Å².